The van der Waals surface area contributed by atoms with E-state index in [2.05, 4.69) is 4.72 Å². The molecular formula is C10H19ClN4O4S. The molecule has 1 unspecified atom stereocenters. The minimum atomic E-state index is -3.96. The van der Waals surface area contributed by atoms with Gasteiger partial charge >= 0.3 is 5.69 Å². The monoisotopic (exact) mass is 326 g/mol. The van der Waals surface area contributed by atoms with E-state index in [0.717, 1.165) is 15.3 Å². The first kappa shape index (κ1) is 18.8. The van der Waals surface area contributed by atoms with Crippen molar-refractivity contribution in [2.24, 2.45) is 25.7 Å². The standard InChI is InChI=1S/C10H18N4O4S.ClH/c1-7(4-11)5-12-19(17,18)8-6-13(2)10(16)14(3)9(8)15;/h6-7,12H,4-5,11H2,1-3H3;1H. The largest absolute Gasteiger partial charge is 0.330 e. The van der Waals surface area contributed by atoms with Gasteiger partial charge in [0.15, 0.2) is 4.90 Å². The third-order valence-corrected chi connectivity index (χ3v) is 4.13. The molecule has 3 N–H and O–H groups in total. The van der Waals surface area contributed by atoms with E-state index in [1.165, 1.54) is 14.1 Å². The molecule has 1 heterocycles. The molecule has 10 heteroatoms. The lowest BCUT2D eigenvalue weighted by molar-refractivity contribution is 0.539. The average molecular weight is 327 g/mol. The van der Waals surface area contributed by atoms with Crippen molar-refractivity contribution < 1.29 is 8.42 Å². The normalized spacial score (nSPS) is 12.8. The summed E-state index contributed by atoms with van der Waals surface area (Å²) in [4.78, 5) is 22.8. The smallest absolute Gasteiger partial charge is 0.330 e. The fourth-order valence-electron chi connectivity index (χ4n) is 1.37. The summed E-state index contributed by atoms with van der Waals surface area (Å²) in [5.41, 5.74) is 3.96. The second kappa shape index (κ2) is 7.02. The van der Waals surface area contributed by atoms with Crippen LogP contribution in [0.4, 0.5) is 0 Å². The van der Waals surface area contributed by atoms with Gasteiger partial charge in [-0.25, -0.2) is 17.9 Å². The SMILES string of the molecule is CC(CN)CNS(=O)(=O)c1cn(C)c(=O)n(C)c1=O.Cl. The van der Waals surface area contributed by atoms with Gasteiger partial charge in [0.25, 0.3) is 5.56 Å². The fraction of sp³-hybridized carbons (Fsp3) is 0.600. The predicted octanol–water partition coefficient (Wildman–Crippen LogP) is -1.62. The van der Waals surface area contributed by atoms with E-state index in [9.17, 15) is 18.0 Å². The fourth-order valence-corrected chi connectivity index (χ4v) is 2.70. The van der Waals surface area contributed by atoms with Crippen LogP contribution >= 0.6 is 12.4 Å². The minimum Gasteiger partial charge on any atom is -0.330 e. The maximum atomic E-state index is 12.0. The number of aromatic nitrogens is 2. The maximum absolute atomic E-state index is 12.0. The van der Waals surface area contributed by atoms with Crippen LogP contribution in [-0.4, -0.2) is 30.6 Å². The molecule has 116 valence electrons. The lowest BCUT2D eigenvalue weighted by Gasteiger charge is -2.11. The maximum Gasteiger partial charge on any atom is 0.330 e. The summed E-state index contributed by atoms with van der Waals surface area (Å²) in [6.07, 6.45) is 1.01. The van der Waals surface area contributed by atoms with Gasteiger partial charge in [-0.1, -0.05) is 6.92 Å². The Morgan fingerprint density at radius 3 is 2.40 bits per heavy atom. The van der Waals surface area contributed by atoms with Crippen LogP contribution in [0.5, 0.6) is 0 Å². The third-order valence-electron chi connectivity index (χ3n) is 2.73. The number of rotatable bonds is 5. The Bertz CT molecular complexity index is 679. The van der Waals surface area contributed by atoms with Gasteiger partial charge in [0.05, 0.1) is 0 Å². The summed E-state index contributed by atoms with van der Waals surface area (Å²) in [7, 11) is -1.35. The highest BCUT2D eigenvalue weighted by atomic mass is 35.5. The Kier molecular flexibility index (Phi) is 6.62. The Balaban J connectivity index is 0.00000361. The number of halogens is 1. The molecule has 0 saturated carbocycles. The molecule has 1 rings (SSSR count). The van der Waals surface area contributed by atoms with Crippen LogP contribution in [0.1, 0.15) is 6.92 Å². The van der Waals surface area contributed by atoms with E-state index >= 15 is 0 Å². The summed E-state index contributed by atoms with van der Waals surface area (Å²) in [5.74, 6) is -0.0499. The van der Waals surface area contributed by atoms with Crippen molar-refractivity contribution in [1.82, 2.24) is 13.9 Å². The van der Waals surface area contributed by atoms with E-state index < -0.39 is 26.2 Å². The van der Waals surface area contributed by atoms with Crippen molar-refractivity contribution in [3.8, 4) is 0 Å². The molecule has 0 bridgehead atoms. The number of nitrogens with zero attached hydrogens (tertiary/aromatic N) is 2. The second-order valence-corrected chi connectivity index (χ2v) is 6.18. The third kappa shape index (κ3) is 3.92. The lowest BCUT2D eigenvalue weighted by Crippen LogP contribution is -2.42. The molecule has 0 amide bonds. The van der Waals surface area contributed by atoms with Gasteiger partial charge in [0.1, 0.15) is 0 Å². The Hall–Kier alpha value is -1.16. The van der Waals surface area contributed by atoms with Crippen molar-refractivity contribution in [1.29, 1.82) is 0 Å². The highest BCUT2D eigenvalue weighted by molar-refractivity contribution is 7.89. The van der Waals surface area contributed by atoms with E-state index in [0.29, 0.717) is 6.54 Å². The van der Waals surface area contributed by atoms with Crippen LogP contribution < -0.4 is 21.7 Å². The molecule has 0 radical (unpaired) electrons. The predicted molar refractivity (Wildman–Crippen MR) is 77.6 cm³/mol. The van der Waals surface area contributed by atoms with Gasteiger partial charge in [0, 0.05) is 26.8 Å². The first-order chi connectivity index (χ1) is 8.70. The van der Waals surface area contributed by atoms with E-state index in [1.807, 2.05) is 0 Å². The molecule has 0 spiro atoms. The van der Waals surface area contributed by atoms with Gasteiger partial charge in [-0.15, -0.1) is 12.4 Å². The second-order valence-electron chi connectivity index (χ2n) is 4.44. The van der Waals surface area contributed by atoms with Gasteiger partial charge in [-0.3, -0.25) is 9.36 Å². The molecule has 0 aliphatic carbocycles. The quantitative estimate of drug-likeness (QED) is 0.674. The van der Waals surface area contributed by atoms with Gasteiger partial charge in [-0.05, 0) is 12.5 Å². The number of nitrogens with two attached hydrogens (primary N) is 1. The Morgan fingerprint density at radius 1 is 1.35 bits per heavy atom. The molecule has 20 heavy (non-hydrogen) atoms. The van der Waals surface area contributed by atoms with Crippen molar-refractivity contribution in [2.45, 2.75) is 11.8 Å². The number of hydrogen-bond donors (Lipinski definition) is 2. The van der Waals surface area contributed by atoms with Crippen LogP contribution in [0.15, 0.2) is 20.7 Å². The lowest BCUT2D eigenvalue weighted by atomic mass is 10.2. The molecule has 1 aromatic heterocycles. The Labute approximate surface area is 123 Å². The molecule has 8 nitrogen and oxygen atoms in total. The van der Waals surface area contributed by atoms with E-state index in [1.54, 1.807) is 6.92 Å². The summed E-state index contributed by atoms with van der Waals surface area (Å²) in [6.45, 7) is 2.24. The topological polar surface area (TPSA) is 116 Å². The molecule has 0 saturated heterocycles. The number of nitrogens with one attached hydrogen (secondary N) is 1. The molecule has 0 aromatic carbocycles. The first-order valence-electron chi connectivity index (χ1n) is 5.67. The number of hydrogen-bond acceptors (Lipinski definition) is 5. The zero-order valence-corrected chi connectivity index (χ0v) is 13.1. The summed E-state index contributed by atoms with van der Waals surface area (Å²) < 4.78 is 28.1. The first-order valence-corrected chi connectivity index (χ1v) is 7.15. The van der Waals surface area contributed by atoms with Crippen molar-refractivity contribution >= 4 is 22.4 Å². The van der Waals surface area contributed by atoms with Gasteiger partial charge < -0.3 is 10.3 Å². The highest BCUT2D eigenvalue weighted by Crippen LogP contribution is 2.01. The van der Waals surface area contributed by atoms with Crippen LogP contribution in [0.3, 0.4) is 0 Å². The van der Waals surface area contributed by atoms with Crippen LogP contribution in [0.2, 0.25) is 0 Å². The van der Waals surface area contributed by atoms with Gasteiger partial charge in [-0.2, -0.15) is 0 Å². The van der Waals surface area contributed by atoms with Crippen molar-refractivity contribution in [3.63, 3.8) is 0 Å². The summed E-state index contributed by atoms with van der Waals surface area (Å²) >= 11 is 0. The highest BCUT2D eigenvalue weighted by Gasteiger charge is 2.21. The minimum absolute atomic E-state index is 0. The van der Waals surface area contributed by atoms with Crippen LogP contribution in [0, 0.1) is 5.92 Å². The molecule has 0 aliphatic heterocycles. The zero-order chi connectivity index (χ0) is 14.8. The van der Waals surface area contributed by atoms with Crippen LogP contribution in [0.25, 0.3) is 0 Å². The number of aryl methyl sites for hydroxylation is 1. The Morgan fingerprint density at radius 2 is 1.90 bits per heavy atom. The molecule has 1 atom stereocenters. The zero-order valence-electron chi connectivity index (χ0n) is 11.5. The van der Waals surface area contributed by atoms with E-state index in [-0.39, 0.29) is 24.9 Å². The van der Waals surface area contributed by atoms with Crippen LogP contribution in [-0.2, 0) is 24.1 Å². The molecule has 0 fully saturated rings. The summed E-state index contributed by atoms with van der Waals surface area (Å²) in [6, 6.07) is 0. The van der Waals surface area contributed by atoms with Crippen molar-refractivity contribution in [2.75, 3.05) is 13.1 Å². The average Bonchev–Trinajstić information content (AvgIpc) is 2.37. The molecule has 1 aromatic rings. The molecule has 0 aliphatic rings. The summed E-state index contributed by atoms with van der Waals surface area (Å²) in [5, 5.41) is 0. The van der Waals surface area contributed by atoms with Gasteiger partial charge in [0.2, 0.25) is 10.0 Å². The van der Waals surface area contributed by atoms with E-state index in [4.69, 9.17) is 5.73 Å². The van der Waals surface area contributed by atoms with Crippen molar-refractivity contribution in [3.05, 3.63) is 27.0 Å². The number of sulfonamides is 1. The molecular weight excluding hydrogens is 308 g/mol.